The van der Waals surface area contributed by atoms with E-state index in [9.17, 15) is 0 Å². The van der Waals surface area contributed by atoms with Gasteiger partial charge < -0.3 is 14.2 Å². The zero-order valence-electron chi connectivity index (χ0n) is 17.5. The Hall–Kier alpha value is -1.82. The van der Waals surface area contributed by atoms with E-state index in [1.54, 1.807) is 11.8 Å². The van der Waals surface area contributed by atoms with Crippen molar-refractivity contribution in [1.82, 2.24) is 0 Å². The molecular weight excluding hydrogens is 428 g/mol. The van der Waals surface area contributed by atoms with Gasteiger partial charge >= 0.3 is 0 Å². The molecule has 4 rings (SSSR count). The lowest BCUT2D eigenvalue weighted by atomic mass is 10.0. The van der Waals surface area contributed by atoms with Crippen molar-refractivity contribution in [3.8, 4) is 0 Å². The highest BCUT2D eigenvalue weighted by Crippen LogP contribution is 2.36. The van der Waals surface area contributed by atoms with Crippen molar-refractivity contribution in [1.29, 1.82) is 0 Å². The Morgan fingerprint density at radius 1 is 0.839 bits per heavy atom. The summed E-state index contributed by atoms with van der Waals surface area (Å²) >= 11 is 7.72. The molecule has 0 unspecified atom stereocenters. The third-order valence-electron chi connectivity index (χ3n) is 5.22. The fourth-order valence-corrected chi connectivity index (χ4v) is 4.95. The molecule has 0 saturated carbocycles. The van der Waals surface area contributed by atoms with Crippen LogP contribution in [0.5, 0.6) is 0 Å². The Balaban J connectivity index is 1.50. The summed E-state index contributed by atoms with van der Waals surface area (Å²) in [5.41, 5.74) is 2.12. The molecule has 1 saturated heterocycles. The number of rotatable bonds is 8. The molecule has 4 atom stereocenters. The number of thioether (sulfide) groups is 1. The number of benzene rings is 3. The van der Waals surface area contributed by atoms with Crippen LogP contribution in [0.25, 0.3) is 0 Å². The largest absolute Gasteiger partial charge is 0.371 e. The molecule has 0 amide bonds. The topological polar surface area (TPSA) is 27.7 Å². The van der Waals surface area contributed by atoms with Crippen LogP contribution in [0.4, 0.5) is 0 Å². The van der Waals surface area contributed by atoms with Crippen molar-refractivity contribution in [3.05, 3.63) is 101 Å². The zero-order chi connectivity index (χ0) is 21.5. The van der Waals surface area contributed by atoms with Gasteiger partial charge in [-0.15, -0.1) is 0 Å². The first kappa shape index (κ1) is 22.4. The van der Waals surface area contributed by atoms with Gasteiger partial charge in [-0.2, -0.15) is 0 Å². The second-order valence-electron chi connectivity index (χ2n) is 7.72. The van der Waals surface area contributed by atoms with Gasteiger partial charge in [0, 0.05) is 16.3 Å². The molecule has 0 bridgehead atoms. The van der Waals surface area contributed by atoms with Gasteiger partial charge in [-0.05, 0) is 42.3 Å². The summed E-state index contributed by atoms with van der Waals surface area (Å²) in [4.78, 5) is 1.10. The number of hydrogen-bond acceptors (Lipinski definition) is 4. The summed E-state index contributed by atoms with van der Waals surface area (Å²) < 4.78 is 19.1. The number of halogens is 1. The first-order valence-electron chi connectivity index (χ1n) is 10.6. The summed E-state index contributed by atoms with van der Waals surface area (Å²) in [5.74, 6) is 0. The third-order valence-corrected chi connectivity index (χ3v) is 6.63. The molecule has 5 heteroatoms. The average Bonchev–Trinajstić information content (AvgIpc) is 2.80. The normalized spacial score (nSPS) is 23.5. The molecule has 0 N–H and O–H groups in total. The van der Waals surface area contributed by atoms with Crippen LogP contribution in [0.1, 0.15) is 24.5 Å². The minimum absolute atomic E-state index is 0.0579. The number of ether oxygens (including phenoxy) is 3. The van der Waals surface area contributed by atoms with Crippen molar-refractivity contribution in [2.24, 2.45) is 0 Å². The maximum atomic E-state index is 6.43. The molecule has 3 aromatic carbocycles. The second kappa shape index (κ2) is 11.2. The highest BCUT2D eigenvalue weighted by Gasteiger charge is 2.39. The molecule has 162 valence electrons. The minimum Gasteiger partial charge on any atom is -0.371 e. The third kappa shape index (κ3) is 6.58. The molecule has 0 aromatic heterocycles. The van der Waals surface area contributed by atoms with Crippen molar-refractivity contribution in [2.45, 2.75) is 55.2 Å². The second-order valence-corrected chi connectivity index (χ2v) is 9.33. The van der Waals surface area contributed by atoms with Gasteiger partial charge in [0.05, 0.1) is 25.4 Å². The molecule has 3 nitrogen and oxygen atoms in total. The van der Waals surface area contributed by atoms with Crippen LogP contribution in [-0.4, -0.2) is 23.7 Å². The van der Waals surface area contributed by atoms with Crippen LogP contribution in [0.2, 0.25) is 5.02 Å². The molecule has 3 aromatic rings. The molecular formula is C26H27ClO3S. The van der Waals surface area contributed by atoms with E-state index in [1.165, 1.54) is 0 Å². The van der Waals surface area contributed by atoms with Gasteiger partial charge in [-0.3, -0.25) is 0 Å². The van der Waals surface area contributed by atoms with E-state index >= 15 is 0 Å². The van der Waals surface area contributed by atoms with Crippen molar-refractivity contribution in [2.75, 3.05) is 0 Å². The molecule has 1 fully saturated rings. The first-order valence-corrected chi connectivity index (χ1v) is 11.8. The lowest BCUT2D eigenvalue weighted by Crippen LogP contribution is -2.48. The molecule has 1 aliphatic heterocycles. The Labute approximate surface area is 193 Å². The van der Waals surface area contributed by atoms with Crippen molar-refractivity contribution < 1.29 is 14.2 Å². The van der Waals surface area contributed by atoms with Gasteiger partial charge in [0.25, 0.3) is 0 Å². The minimum atomic E-state index is -0.194. The molecule has 0 spiro atoms. The first-order chi connectivity index (χ1) is 15.2. The smallest absolute Gasteiger partial charge is 0.136 e. The summed E-state index contributed by atoms with van der Waals surface area (Å²) in [6, 6.07) is 28.3. The molecule has 31 heavy (non-hydrogen) atoms. The Bertz CT molecular complexity index is 920. The van der Waals surface area contributed by atoms with Crippen LogP contribution in [0.15, 0.2) is 89.8 Å². The maximum Gasteiger partial charge on any atom is 0.136 e. The monoisotopic (exact) mass is 454 g/mol. The fourth-order valence-electron chi connectivity index (χ4n) is 3.63. The highest BCUT2D eigenvalue weighted by molar-refractivity contribution is 7.99. The SMILES string of the molecule is C[C@H]1C[C@@H](OCc2ccccc2)[C@H](OCc2ccccc2)[C@@H](Sc2ccc(Cl)cc2)O1. The van der Waals surface area contributed by atoms with Crippen LogP contribution in [-0.2, 0) is 27.4 Å². The standard InChI is InChI=1S/C26H27ClO3S/c1-19-16-24(28-17-20-8-4-2-5-9-20)25(29-18-21-10-6-3-7-11-21)26(30-19)31-23-14-12-22(27)13-15-23/h2-15,19,24-26H,16-18H2,1H3/t19-,24+,25-,26+/m0/s1. The Kier molecular flexibility index (Phi) is 8.06. The van der Waals surface area contributed by atoms with E-state index in [2.05, 4.69) is 31.2 Å². The van der Waals surface area contributed by atoms with Gasteiger partial charge in [-0.25, -0.2) is 0 Å². The lowest BCUT2D eigenvalue weighted by molar-refractivity contribution is -0.178. The van der Waals surface area contributed by atoms with Crippen LogP contribution in [0.3, 0.4) is 0 Å². The molecule has 0 aliphatic carbocycles. The average molecular weight is 455 g/mol. The number of hydrogen-bond donors (Lipinski definition) is 0. The predicted octanol–water partition coefficient (Wildman–Crippen LogP) is 6.74. The Morgan fingerprint density at radius 2 is 1.42 bits per heavy atom. The van der Waals surface area contributed by atoms with E-state index in [1.807, 2.05) is 60.7 Å². The summed E-state index contributed by atoms with van der Waals surface area (Å²) in [7, 11) is 0. The maximum absolute atomic E-state index is 6.43. The fraction of sp³-hybridized carbons (Fsp3) is 0.308. The van der Waals surface area contributed by atoms with Gasteiger partial charge in [0.2, 0.25) is 0 Å². The molecule has 1 heterocycles. The molecule has 0 radical (unpaired) electrons. The van der Waals surface area contributed by atoms with Crippen molar-refractivity contribution in [3.63, 3.8) is 0 Å². The summed E-state index contributed by atoms with van der Waals surface area (Å²) in [5, 5.41) is 0.725. The van der Waals surface area contributed by atoms with Crippen LogP contribution in [0, 0.1) is 0 Å². The predicted molar refractivity (Wildman–Crippen MR) is 126 cm³/mol. The quantitative estimate of drug-likeness (QED) is 0.376. The summed E-state index contributed by atoms with van der Waals surface area (Å²) in [6.45, 7) is 3.18. The zero-order valence-corrected chi connectivity index (χ0v) is 19.1. The summed E-state index contributed by atoms with van der Waals surface area (Å²) in [6.07, 6.45) is 0.629. The molecule has 1 aliphatic rings. The van der Waals surface area contributed by atoms with Gasteiger partial charge in [0.1, 0.15) is 11.5 Å². The van der Waals surface area contributed by atoms with E-state index < -0.39 is 0 Å². The van der Waals surface area contributed by atoms with E-state index in [0.29, 0.717) is 13.2 Å². The lowest BCUT2D eigenvalue weighted by Gasteiger charge is -2.40. The van der Waals surface area contributed by atoms with Crippen LogP contribution < -0.4 is 0 Å². The van der Waals surface area contributed by atoms with Gasteiger partial charge in [0.15, 0.2) is 0 Å². The highest BCUT2D eigenvalue weighted by atomic mass is 35.5. The van der Waals surface area contributed by atoms with Crippen molar-refractivity contribution >= 4 is 23.4 Å². The Morgan fingerprint density at radius 3 is 2.03 bits per heavy atom. The van der Waals surface area contributed by atoms with E-state index in [0.717, 1.165) is 27.5 Å². The van der Waals surface area contributed by atoms with E-state index in [-0.39, 0.29) is 23.7 Å². The van der Waals surface area contributed by atoms with Crippen LogP contribution >= 0.6 is 23.4 Å². The van der Waals surface area contributed by atoms with Gasteiger partial charge in [-0.1, -0.05) is 84.0 Å². The van der Waals surface area contributed by atoms with E-state index in [4.69, 9.17) is 25.8 Å².